The Morgan fingerprint density at radius 2 is 1.73 bits per heavy atom. The number of carboxylic acid groups (broad SMARTS) is 1. The van der Waals surface area contributed by atoms with Crippen molar-refractivity contribution >= 4 is 39.6 Å². The van der Waals surface area contributed by atoms with Crippen LogP contribution in [0.25, 0.3) is 0 Å². The first-order chi connectivity index (χ1) is 19.4. The molecule has 3 amide bonds. The molecule has 11 nitrogen and oxygen atoms in total. The minimum absolute atomic E-state index is 0.0105. The quantitative estimate of drug-likeness (QED) is 0.213. The van der Waals surface area contributed by atoms with E-state index in [1.165, 1.54) is 26.8 Å². The number of nitrogens with zero attached hydrogens (tertiary/aromatic N) is 5. The summed E-state index contributed by atoms with van der Waals surface area (Å²) in [5.74, 6) is -3.94. The van der Waals surface area contributed by atoms with E-state index < -0.39 is 40.9 Å². The molecule has 0 aromatic carbocycles. The molecule has 0 saturated carbocycles. The molecule has 2 atom stereocenters. The Morgan fingerprint density at radius 1 is 1.10 bits per heavy atom. The van der Waals surface area contributed by atoms with Crippen LogP contribution in [0.1, 0.15) is 34.6 Å². The number of pyridine rings is 1. The van der Waals surface area contributed by atoms with Gasteiger partial charge in [-0.05, 0) is 57.9 Å². The SMILES string of the molecule is CCN1C(=O)C(=CC=CC2(C(=O)[O-])C(C)=C(C#N)C(=O)N(CC)[C@@H]2O)C(C)=C(C#N)C1=O.CC[n+]1ccccc1Br. The molecule has 1 aromatic rings. The summed E-state index contributed by atoms with van der Waals surface area (Å²) in [5, 5.41) is 41.6. The van der Waals surface area contributed by atoms with E-state index in [-0.39, 0.29) is 35.4 Å². The van der Waals surface area contributed by atoms with Crippen LogP contribution in [0.2, 0.25) is 0 Å². The summed E-state index contributed by atoms with van der Waals surface area (Å²) in [7, 11) is 0. The lowest BCUT2D eigenvalue weighted by Gasteiger charge is -2.46. The number of aliphatic carboxylic acids is 1. The van der Waals surface area contributed by atoms with Gasteiger partial charge >= 0.3 is 0 Å². The van der Waals surface area contributed by atoms with E-state index in [2.05, 4.69) is 27.4 Å². The monoisotopic (exact) mass is 623 g/mol. The molecule has 0 saturated heterocycles. The number of hydrogen-bond donors (Lipinski definition) is 1. The molecule has 2 aliphatic heterocycles. The Balaban J connectivity index is 0.000000553. The van der Waals surface area contributed by atoms with Gasteiger partial charge in [0.1, 0.15) is 36.1 Å². The first kappa shape index (κ1) is 32.8. The number of carboxylic acids is 1. The van der Waals surface area contributed by atoms with Crippen molar-refractivity contribution in [3.63, 3.8) is 0 Å². The molecule has 0 fully saturated rings. The summed E-state index contributed by atoms with van der Waals surface area (Å²) in [6.45, 7) is 8.82. The normalized spacial score (nSPS) is 22.1. The molecule has 3 heterocycles. The highest BCUT2D eigenvalue weighted by Gasteiger charge is 2.50. The largest absolute Gasteiger partial charge is 0.549 e. The highest BCUT2D eigenvalue weighted by Crippen LogP contribution is 2.41. The highest BCUT2D eigenvalue weighted by atomic mass is 79.9. The van der Waals surface area contributed by atoms with Gasteiger partial charge in [0, 0.05) is 46.7 Å². The van der Waals surface area contributed by atoms with Crippen molar-refractivity contribution in [3.05, 3.63) is 75.1 Å². The molecule has 214 valence electrons. The van der Waals surface area contributed by atoms with E-state index in [9.17, 15) is 39.9 Å². The number of rotatable bonds is 6. The maximum absolute atomic E-state index is 12.7. The molecular formula is C29H30BrN5O6. The van der Waals surface area contributed by atoms with Crippen LogP contribution in [-0.2, 0) is 25.7 Å². The molecule has 1 unspecified atom stereocenters. The van der Waals surface area contributed by atoms with Gasteiger partial charge in [-0.3, -0.25) is 19.3 Å². The smallest absolute Gasteiger partial charge is 0.271 e. The van der Waals surface area contributed by atoms with Crippen molar-refractivity contribution in [2.45, 2.75) is 47.4 Å². The summed E-state index contributed by atoms with van der Waals surface area (Å²) in [6.07, 6.45) is 3.59. The molecule has 3 rings (SSSR count). The summed E-state index contributed by atoms with van der Waals surface area (Å²) in [5.41, 5.74) is -2.99. The summed E-state index contributed by atoms with van der Waals surface area (Å²) in [4.78, 5) is 51.2. The number of carbonyl (C=O) groups is 4. The minimum Gasteiger partial charge on any atom is -0.549 e. The van der Waals surface area contributed by atoms with E-state index in [4.69, 9.17) is 0 Å². The lowest BCUT2D eigenvalue weighted by Crippen LogP contribution is -2.61. The first-order valence-electron chi connectivity index (χ1n) is 12.7. The van der Waals surface area contributed by atoms with Crippen LogP contribution in [0.15, 0.2) is 75.1 Å². The number of aromatic nitrogens is 1. The van der Waals surface area contributed by atoms with Crippen LogP contribution < -0.4 is 9.67 Å². The predicted molar refractivity (Wildman–Crippen MR) is 147 cm³/mol. The van der Waals surface area contributed by atoms with Crippen LogP contribution in [0, 0.1) is 28.1 Å². The third kappa shape index (κ3) is 6.04. The van der Waals surface area contributed by atoms with Gasteiger partial charge in [0.25, 0.3) is 17.7 Å². The molecule has 0 aliphatic carbocycles. The first-order valence-corrected chi connectivity index (χ1v) is 13.5. The van der Waals surface area contributed by atoms with Crippen molar-refractivity contribution in [2.75, 3.05) is 13.1 Å². The molecule has 0 spiro atoms. The number of aryl methyl sites for hydroxylation is 1. The van der Waals surface area contributed by atoms with Crippen molar-refractivity contribution in [3.8, 4) is 12.1 Å². The maximum Gasteiger partial charge on any atom is 0.271 e. The van der Waals surface area contributed by atoms with Gasteiger partial charge < -0.3 is 19.9 Å². The van der Waals surface area contributed by atoms with Crippen LogP contribution in [-0.4, -0.2) is 57.9 Å². The Labute approximate surface area is 246 Å². The van der Waals surface area contributed by atoms with E-state index in [1.54, 1.807) is 19.1 Å². The second-order valence-electron chi connectivity index (χ2n) is 8.95. The van der Waals surface area contributed by atoms with Crippen molar-refractivity contribution < 1.29 is 34.0 Å². The topological polar surface area (TPSA) is 170 Å². The Bertz CT molecular complexity index is 1480. The highest BCUT2D eigenvalue weighted by molar-refractivity contribution is 9.10. The number of allylic oxidation sites excluding steroid dienone is 2. The molecule has 0 radical (unpaired) electrons. The Hall–Kier alpha value is -4.39. The maximum atomic E-state index is 12.7. The van der Waals surface area contributed by atoms with Crippen molar-refractivity contribution in [1.29, 1.82) is 10.5 Å². The van der Waals surface area contributed by atoms with Gasteiger partial charge in [0.05, 0.1) is 11.4 Å². The van der Waals surface area contributed by atoms with Crippen LogP contribution >= 0.6 is 15.9 Å². The standard InChI is InChI=1S/C22H22N4O6.C7H9BrN/c1-5-25-17(27)14(12(3)15(10-23)18(25)28)8-7-9-22(21(31)32)13(4)16(11-24)19(29)26(6-2)20(22)30;1-2-9-6-4-3-5-7(9)8/h7-9,20,30H,5-6H2,1-4H3,(H,31,32);3-6H,2H2,1H3/q;+1/p-1/t20-,22?;/m1./s1. The van der Waals surface area contributed by atoms with E-state index in [1.807, 2.05) is 24.4 Å². The van der Waals surface area contributed by atoms with Crippen LogP contribution in [0.4, 0.5) is 0 Å². The van der Waals surface area contributed by atoms with Gasteiger partial charge in [-0.2, -0.15) is 15.1 Å². The number of aliphatic hydroxyl groups is 1. The summed E-state index contributed by atoms with van der Waals surface area (Å²) < 4.78 is 3.26. The average molecular weight is 624 g/mol. The van der Waals surface area contributed by atoms with Gasteiger partial charge in [0.15, 0.2) is 6.20 Å². The zero-order valence-electron chi connectivity index (χ0n) is 23.3. The Morgan fingerprint density at radius 3 is 2.20 bits per heavy atom. The number of amides is 3. The molecule has 1 N–H and O–H groups in total. The van der Waals surface area contributed by atoms with Crippen LogP contribution in [0.5, 0.6) is 0 Å². The molecule has 0 bridgehead atoms. The van der Waals surface area contributed by atoms with E-state index in [0.717, 1.165) is 33.1 Å². The second kappa shape index (κ2) is 13.8. The van der Waals surface area contributed by atoms with E-state index in [0.29, 0.717) is 0 Å². The van der Waals surface area contributed by atoms with Gasteiger partial charge in [-0.25, -0.2) is 0 Å². The van der Waals surface area contributed by atoms with Gasteiger partial charge in [-0.15, -0.1) is 0 Å². The molecule has 1 aromatic heterocycles. The lowest BCUT2D eigenvalue weighted by atomic mass is 9.73. The summed E-state index contributed by atoms with van der Waals surface area (Å²) in [6, 6.07) is 9.51. The molecule has 2 aliphatic rings. The molecular weight excluding hydrogens is 594 g/mol. The Kier molecular flexibility index (Phi) is 11.0. The number of hydrogen-bond acceptors (Lipinski definition) is 8. The number of carbonyl (C=O) groups excluding carboxylic acids is 4. The lowest BCUT2D eigenvalue weighted by molar-refractivity contribution is -0.704. The van der Waals surface area contributed by atoms with Crippen molar-refractivity contribution in [1.82, 2.24) is 9.80 Å². The molecule has 41 heavy (non-hydrogen) atoms. The fourth-order valence-electron chi connectivity index (χ4n) is 4.50. The zero-order valence-corrected chi connectivity index (χ0v) is 24.9. The molecule has 12 heteroatoms. The second-order valence-corrected chi connectivity index (χ2v) is 9.76. The fraction of sp³-hybridized carbons (Fsp3) is 0.345. The average Bonchev–Trinajstić information content (AvgIpc) is 2.94. The fourth-order valence-corrected chi connectivity index (χ4v) is 5.02. The number of halogens is 1. The number of likely N-dealkylation sites (N-methyl/N-ethyl adjacent to an activating group) is 2. The number of nitriles is 2. The minimum atomic E-state index is -2.25. The number of aliphatic hydroxyl groups excluding tert-OH is 1. The van der Waals surface area contributed by atoms with Crippen molar-refractivity contribution in [2.24, 2.45) is 5.41 Å². The van der Waals surface area contributed by atoms with Gasteiger partial charge in [0.2, 0.25) is 4.60 Å². The predicted octanol–water partition coefficient (Wildman–Crippen LogP) is 1.21. The number of imide groups is 1. The van der Waals surface area contributed by atoms with Crippen LogP contribution in [0.3, 0.4) is 0 Å². The van der Waals surface area contributed by atoms with Gasteiger partial charge in [-0.1, -0.05) is 12.2 Å². The zero-order chi connectivity index (χ0) is 31.1. The third-order valence-electron chi connectivity index (χ3n) is 6.95. The van der Waals surface area contributed by atoms with E-state index >= 15 is 0 Å². The summed E-state index contributed by atoms with van der Waals surface area (Å²) >= 11 is 3.42. The third-order valence-corrected chi connectivity index (χ3v) is 7.67.